The van der Waals surface area contributed by atoms with Gasteiger partial charge in [0, 0.05) is 35.4 Å². The van der Waals surface area contributed by atoms with Gasteiger partial charge in [-0.15, -0.1) is 0 Å². The van der Waals surface area contributed by atoms with Crippen molar-refractivity contribution in [2.75, 3.05) is 0 Å². The fourth-order valence-corrected chi connectivity index (χ4v) is 2.78. The molecule has 24 heavy (non-hydrogen) atoms. The third-order valence-electron chi connectivity index (χ3n) is 4.07. The van der Waals surface area contributed by atoms with Crippen molar-refractivity contribution in [2.45, 2.75) is 13.8 Å². The molecule has 5 heteroatoms. The maximum atomic E-state index is 13.5. The molecule has 0 unspecified atom stereocenters. The molecule has 0 saturated heterocycles. The van der Waals surface area contributed by atoms with E-state index >= 15 is 0 Å². The molecule has 4 aromatic heterocycles. The molecule has 0 bridgehead atoms. The second kappa shape index (κ2) is 5.53. The third-order valence-corrected chi connectivity index (χ3v) is 4.07. The van der Waals surface area contributed by atoms with Gasteiger partial charge in [0.25, 0.3) is 0 Å². The van der Waals surface area contributed by atoms with E-state index in [9.17, 15) is 4.39 Å². The zero-order valence-corrected chi connectivity index (χ0v) is 13.4. The first kappa shape index (κ1) is 14.5. The molecule has 118 valence electrons. The molecule has 4 aromatic rings. The lowest BCUT2D eigenvalue weighted by Crippen LogP contribution is -1.96. The smallest absolute Gasteiger partial charge is 0.144 e. The summed E-state index contributed by atoms with van der Waals surface area (Å²) in [6.45, 7) is 3.67. The zero-order chi connectivity index (χ0) is 16.7. The van der Waals surface area contributed by atoms with E-state index in [1.165, 1.54) is 6.07 Å². The molecule has 0 amide bonds. The number of aromatic nitrogens is 4. The minimum Gasteiger partial charge on any atom is -0.304 e. The molecule has 0 N–H and O–H groups in total. The monoisotopic (exact) mass is 318 g/mol. The number of imidazole rings is 1. The Morgan fingerprint density at radius 3 is 2.71 bits per heavy atom. The van der Waals surface area contributed by atoms with Crippen molar-refractivity contribution in [3.63, 3.8) is 0 Å². The maximum Gasteiger partial charge on any atom is 0.144 e. The van der Waals surface area contributed by atoms with Gasteiger partial charge >= 0.3 is 0 Å². The first-order chi connectivity index (χ1) is 11.6. The van der Waals surface area contributed by atoms with Gasteiger partial charge in [0.05, 0.1) is 17.1 Å². The summed E-state index contributed by atoms with van der Waals surface area (Å²) in [5.41, 5.74) is 5.68. The van der Waals surface area contributed by atoms with Gasteiger partial charge in [0.1, 0.15) is 11.5 Å². The molecule has 0 fully saturated rings. The number of pyridine rings is 3. The lowest BCUT2D eigenvalue weighted by Gasteiger charge is -2.10. The van der Waals surface area contributed by atoms with Gasteiger partial charge in [-0.25, -0.2) is 14.4 Å². The highest BCUT2D eigenvalue weighted by atomic mass is 19.1. The van der Waals surface area contributed by atoms with Crippen LogP contribution in [-0.2, 0) is 0 Å². The normalized spacial score (nSPS) is 11.1. The van der Waals surface area contributed by atoms with Gasteiger partial charge in [-0.1, -0.05) is 6.07 Å². The Morgan fingerprint density at radius 1 is 1.00 bits per heavy atom. The van der Waals surface area contributed by atoms with Gasteiger partial charge < -0.3 is 4.40 Å². The standard InChI is InChI=1S/C19H15FN4/c1-12-10-22-18-8-5-14(11-24(12)18)15-4-3-9-21-19(15)17-7-6-16(20)13(2)23-17/h3-11H,1-2H3. The summed E-state index contributed by atoms with van der Waals surface area (Å²) in [6.07, 6.45) is 5.60. The Kier molecular flexibility index (Phi) is 3.34. The van der Waals surface area contributed by atoms with E-state index in [1.807, 2.05) is 48.0 Å². The molecular weight excluding hydrogens is 303 g/mol. The number of fused-ring (bicyclic) bond motifs is 1. The Morgan fingerprint density at radius 2 is 1.88 bits per heavy atom. The Labute approximate surface area is 138 Å². The number of hydrogen-bond donors (Lipinski definition) is 0. The lowest BCUT2D eigenvalue weighted by atomic mass is 10.0. The lowest BCUT2D eigenvalue weighted by molar-refractivity contribution is 0.610. The number of rotatable bonds is 2. The van der Waals surface area contributed by atoms with E-state index in [0.717, 1.165) is 28.2 Å². The summed E-state index contributed by atoms with van der Waals surface area (Å²) in [7, 11) is 0. The predicted octanol–water partition coefficient (Wildman–Crippen LogP) is 4.21. The van der Waals surface area contributed by atoms with Crippen LogP contribution >= 0.6 is 0 Å². The van der Waals surface area contributed by atoms with E-state index in [-0.39, 0.29) is 5.82 Å². The molecule has 4 nitrogen and oxygen atoms in total. The first-order valence-electron chi connectivity index (χ1n) is 7.66. The summed E-state index contributed by atoms with van der Waals surface area (Å²) in [5.74, 6) is -0.313. The van der Waals surface area contributed by atoms with Gasteiger partial charge in [-0.3, -0.25) is 4.98 Å². The fraction of sp³-hybridized carbons (Fsp3) is 0.105. The van der Waals surface area contributed by atoms with Gasteiger partial charge in [-0.05, 0) is 44.2 Å². The van der Waals surface area contributed by atoms with Crippen molar-refractivity contribution in [3.05, 3.63) is 72.2 Å². The minimum atomic E-state index is -0.313. The minimum absolute atomic E-state index is 0.313. The van der Waals surface area contributed by atoms with Crippen LogP contribution in [0.1, 0.15) is 11.4 Å². The highest BCUT2D eigenvalue weighted by molar-refractivity contribution is 5.79. The molecule has 0 atom stereocenters. The van der Waals surface area contributed by atoms with Crippen LogP contribution in [0, 0.1) is 19.7 Å². The summed E-state index contributed by atoms with van der Waals surface area (Å²) >= 11 is 0. The van der Waals surface area contributed by atoms with Crippen LogP contribution in [0.15, 0.2) is 55.0 Å². The van der Waals surface area contributed by atoms with Crippen molar-refractivity contribution in [3.8, 4) is 22.5 Å². The molecule has 0 aliphatic rings. The molecule has 0 saturated carbocycles. The van der Waals surface area contributed by atoms with Crippen LogP contribution in [0.3, 0.4) is 0 Å². The molecule has 0 radical (unpaired) electrons. The third kappa shape index (κ3) is 2.34. The number of hydrogen-bond acceptors (Lipinski definition) is 3. The molecule has 4 heterocycles. The number of halogens is 1. The fourth-order valence-electron chi connectivity index (χ4n) is 2.78. The summed E-state index contributed by atoms with van der Waals surface area (Å²) < 4.78 is 15.6. The molecule has 4 rings (SSSR count). The topological polar surface area (TPSA) is 43.1 Å². The summed E-state index contributed by atoms with van der Waals surface area (Å²) in [5, 5.41) is 0. The summed E-state index contributed by atoms with van der Waals surface area (Å²) in [6, 6.07) is 11.0. The van der Waals surface area contributed by atoms with Crippen LogP contribution in [0.4, 0.5) is 4.39 Å². The zero-order valence-electron chi connectivity index (χ0n) is 13.4. The van der Waals surface area contributed by atoms with E-state index in [0.29, 0.717) is 11.4 Å². The SMILES string of the molecule is Cc1nc(-c2ncccc2-c2ccc3ncc(C)n3c2)ccc1F. The Balaban J connectivity index is 1.91. The Hall–Kier alpha value is -3.08. The average Bonchev–Trinajstić information content (AvgIpc) is 2.98. The highest BCUT2D eigenvalue weighted by Gasteiger charge is 2.12. The van der Waals surface area contributed by atoms with E-state index < -0.39 is 0 Å². The molecule has 0 spiro atoms. The van der Waals surface area contributed by atoms with Crippen molar-refractivity contribution < 1.29 is 4.39 Å². The quantitative estimate of drug-likeness (QED) is 0.556. The molecular formula is C19H15FN4. The average molecular weight is 318 g/mol. The van der Waals surface area contributed by atoms with E-state index in [2.05, 4.69) is 15.0 Å². The van der Waals surface area contributed by atoms with Crippen LogP contribution in [-0.4, -0.2) is 19.4 Å². The van der Waals surface area contributed by atoms with Gasteiger partial charge in [0.15, 0.2) is 0 Å². The highest BCUT2D eigenvalue weighted by Crippen LogP contribution is 2.29. The van der Waals surface area contributed by atoms with E-state index in [4.69, 9.17) is 0 Å². The van der Waals surface area contributed by atoms with Crippen LogP contribution in [0.5, 0.6) is 0 Å². The number of aryl methyl sites for hydroxylation is 2. The Bertz CT molecular complexity index is 1050. The van der Waals surface area contributed by atoms with Crippen molar-refractivity contribution in [1.29, 1.82) is 0 Å². The molecule has 0 aliphatic carbocycles. The second-order valence-electron chi connectivity index (χ2n) is 5.71. The van der Waals surface area contributed by atoms with E-state index in [1.54, 1.807) is 19.2 Å². The number of nitrogens with zero attached hydrogens (tertiary/aromatic N) is 4. The predicted molar refractivity (Wildman–Crippen MR) is 91.1 cm³/mol. The maximum absolute atomic E-state index is 13.5. The second-order valence-corrected chi connectivity index (χ2v) is 5.71. The van der Waals surface area contributed by atoms with Gasteiger partial charge in [0.2, 0.25) is 0 Å². The van der Waals surface area contributed by atoms with Crippen molar-refractivity contribution in [1.82, 2.24) is 19.4 Å². The van der Waals surface area contributed by atoms with Crippen LogP contribution in [0.2, 0.25) is 0 Å². The van der Waals surface area contributed by atoms with Crippen LogP contribution < -0.4 is 0 Å². The summed E-state index contributed by atoms with van der Waals surface area (Å²) in [4.78, 5) is 13.2. The molecule has 0 aliphatic heterocycles. The molecule has 0 aromatic carbocycles. The van der Waals surface area contributed by atoms with Gasteiger partial charge in [-0.2, -0.15) is 0 Å². The first-order valence-corrected chi connectivity index (χ1v) is 7.66. The van der Waals surface area contributed by atoms with Crippen LogP contribution in [0.25, 0.3) is 28.2 Å². The van der Waals surface area contributed by atoms with Crippen molar-refractivity contribution >= 4 is 5.65 Å². The largest absolute Gasteiger partial charge is 0.304 e. The van der Waals surface area contributed by atoms with Crippen molar-refractivity contribution in [2.24, 2.45) is 0 Å².